The molecule has 0 spiro atoms. The van der Waals surface area contributed by atoms with Crippen molar-refractivity contribution in [1.82, 2.24) is 0 Å². The van der Waals surface area contributed by atoms with Gasteiger partial charge in [0.2, 0.25) is 0 Å². The Hall–Kier alpha value is -2.59. The quantitative estimate of drug-likeness (QED) is 0.407. The lowest BCUT2D eigenvalue weighted by Crippen LogP contribution is -1.86. The molecular formula is C17H9N. The average Bonchev–Trinajstić information content (AvgIpc) is 2.44. The number of nitrogens with zero attached hydrogens (tertiary/aromatic N) is 1. The van der Waals surface area contributed by atoms with Crippen molar-refractivity contribution in [2.45, 2.75) is 0 Å². The number of benzene rings is 4. The van der Waals surface area contributed by atoms with Gasteiger partial charge in [0.15, 0.2) is 0 Å². The van der Waals surface area contributed by atoms with Gasteiger partial charge in [-0.3, -0.25) is 0 Å². The summed E-state index contributed by atoms with van der Waals surface area (Å²) in [5.41, 5.74) is 0.751. The molecule has 0 saturated heterocycles. The molecular weight excluding hydrogens is 218 g/mol. The number of hydrogen-bond acceptors (Lipinski definition) is 1. The second kappa shape index (κ2) is 3.21. The Morgan fingerprint density at radius 3 is 2.00 bits per heavy atom. The van der Waals surface area contributed by atoms with Crippen molar-refractivity contribution in [3.05, 3.63) is 60.2 Å². The maximum Gasteiger partial charge on any atom is 0.0998 e. The van der Waals surface area contributed by atoms with Crippen LogP contribution < -0.4 is 0 Å². The molecule has 0 saturated carbocycles. The summed E-state index contributed by atoms with van der Waals surface area (Å²) in [6.45, 7) is 0. The maximum atomic E-state index is 9.22. The Kier molecular flexibility index (Phi) is 1.68. The smallest absolute Gasteiger partial charge is 0.0998 e. The summed E-state index contributed by atoms with van der Waals surface area (Å²) in [5, 5.41) is 16.4. The van der Waals surface area contributed by atoms with Gasteiger partial charge in [0, 0.05) is 5.39 Å². The van der Waals surface area contributed by atoms with E-state index in [1.54, 1.807) is 0 Å². The van der Waals surface area contributed by atoms with Crippen molar-refractivity contribution < 1.29 is 0 Å². The fourth-order valence-electron chi connectivity index (χ4n) is 2.83. The van der Waals surface area contributed by atoms with Crippen molar-refractivity contribution in [1.29, 1.82) is 5.26 Å². The third-order valence-corrected chi connectivity index (χ3v) is 3.65. The Morgan fingerprint density at radius 1 is 0.667 bits per heavy atom. The Bertz CT molecular complexity index is 913. The molecule has 4 rings (SSSR count). The molecule has 82 valence electrons. The molecule has 0 bridgehead atoms. The van der Waals surface area contributed by atoms with E-state index in [-0.39, 0.29) is 0 Å². The first kappa shape index (κ1) is 9.44. The summed E-state index contributed by atoms with van der Waals surface area (Å²) >= 11 is 0. The van der Waals surface area contributed by atoms with Crippen molar-refractivity contribution in [2.24, 2.45) is 0 Å². The van der Waals surface area contributed by atoms with E-state index in [0.29, 0.717) is 0 Å². The maximum absolute atomic E-state index is 9.22. The zero-order valence-corrected chi connectivity index (χ0v) is 9.64. The molecule has 0 aliphatic heterocycles. The zero-order chi connectivity index (χ0) is 12.1. The van der Waals surface area contributed by atoms with E-state index in [1.165, 1.54) is 26.9 Å². The first-order valence-electron chi connectivity index (χ1n) is 5.95. The van der Waals surface area contributed by atoms with Crippen LogP contribution in [0.5, 0.6) is 0 Å². The highest BCUT2D eigenvalue weighted by Crippen LogP contribution is 2.35. The van der Waals surface area contributed by atoms with Gasteiger partial charge in [-0.2, -0.15) is 5.26 Å². The van der Waals surface area contributed by atoms with E-state index in [9.17, 15) is 5.26 Å². The predicted molar refractivity (Wildman–Crippen MR) is 74.9 cm³/mol. The van der Waals surface area contributed by atoms with Crippen LogP contribution in [0.1, 0.15) is 5.56 Å². The van der Waals surface area contributed by atoms with E-state index in [1.807, 2.05) is 12.1 Å². The van der Waals surface area contributed by atoms with Crippen LogP contribution in [0.2, 0.25) is 0 Å². The molecule has 0 heterocycles. The van der Waals surface area contributed by atoms with E-state index in [0.717, 1.165) is 10.9 Å². The highest BCUT2D eigenvalue weighted by molar-refractivity contribution is 6.23. The molecule has 0 aliphatic carbocycles. The molecule has 0 aliphatic rings. The molecule has 18 heavy (non-hydrogen) atoms. The SMILES string of the molecule is N#Cc1ccc2ccc3cccc4ccc1c2c34. The van der Waals surface area contributed by atoms with E-state index in [4.69, 9.17) is 0 Å². The summed E-state index contributed by atoms with van der Waals surface area (Å²) in [4.78, 5) is 0. The summed E-state index contributed by atoms with van der Waals surface area (Å²) in [6, 6.07) is 21.0. The van der Waals surface area contributed by atoms with Crippen LogP contribution in [0, 0.1) is 11.3 Å². The van der Waals surface area contributed by atoms with Crippen molar-refractivity contribution in [2.75, 3.05) is 0 Å². The van der Waals surface area contributed by atoms with Crippen molar-refractivity contribution in [3.63, 3.8) is 0 Å². The van der Waals surface area contributed by atoms with Crippen LogP contribution >= 0.6 is 0 Å². The minimum atomic E-state index is 0.751. The standard InChI is InChI=1S/C17H9N/c18-10-14-7-6-13-5-4-11-2-1-3-12-8-9-15(14)17(13)16(11)12/h1-9H. The minimum absolute atomic E-state index is 0.751. The first-order chi connectivity index (χ1) is 8.88. The molecule has 4 aromatic carbocycles. The van der Waals surface area contributed by atoms with Gasteiger partial charge in [0.1, 0.15) is 0 Å². The lowest BCUT2D eigenvalue weighted by molar-refractivity contribution is 1.51. The van der Waals surface area contributed by atoms with Gasteiger partial charge >= 0.3 is 0 Å². The molecule has 0 radical (unpaired) electrons. The van der Waals surface area contributed by atoms with Crippen LogP contribution in [0.3, 0.4) is 0 Å². The third-order valence-electron chi connectivity index (χ3n) is 3.65. The van der Waals surface area contributed by atoms with Gasteiger partial charge < -0.3 is 0 Å². The van der Waals surface area contributed by atoms with Crippen LogP contribution in [0.15, 0.2) is 54.6 Å². The lowest BCUT2D eigenvalue weighted by atomic mass is 9.92. The fraction of sp³-hybridized carbons (Fsp3) is 0. The summed E-state index contributed by atoms with van der Waals surface area (Å²) in [7, 11) is 0. The highest BCUT2D eigenvalue weighted by Gasteiger charge is 2.09. The molecule has 0 N–H and O–H groups in total. The third kappa shape index (κ3) is 1.05. The highest BCUT2D eigenvalue weighted by atomic mass is 14.2. The number of hydrogen-bond donors (Lipinski definition) is 0. The monoisotopic (exact) mass is 227 g/mol. The lowest BCUT2D eigenvalue weighted by Gasteiger charge is -2.10. The molecule has 1 heteroatoms. The summed E-state index contributed by atoms with van der Waals surface area (Å²) in [5.74, 6) is 0. The molecule has 0 atom stereocenters. The Balaban J connectivity index is 2.45. The minimum Gasteiger partial charge on any atom is -0.192 e. The summed E-state index contributed by atoms with van der Waals surface area (Å²) < 4.78 is 0. The van der Waals surface area contributed by atoms with Crippen LogP contribution in [-0.4, -0.2) is 0 Å². The second-order valence-electron chi connectivity index (χ2n) is 4.58. The van der Waals surface area contributed by atoms with Crippen LogP contribution in [-0.2, 0) is 0 Å². The van der Waals surface area contributed by atoms with Gasteiger partial charge in [-0.25, -0.2) is 0 Å². The molecule has 0 unspecified atom stereocenters. The first-order valence-corrected chi connectivity index (χ1v) is 5.95. The Morgan fingerprint density at radius 2 is 1.28 bits per heavy atom. The predicted octanol–water partition coefficient (Wildman–Crippen LogP) is 4.46. The van der Waals surface area contributed by atoms with E-state index < -0.39 is 0 Å². The second-order valence-corrected chi connectivity index (χ2v) is 4.58. The zero-order valence-electron chi connectivity index (χ0n) is 9.64. The topological polar surface area (TPSA) is 23.8 Å². The normalized spacial score (nSPS) is 11.3. The summed E-state index contributed by atoms with van der Waals surface area (Å²) in [6.07, 6.45) is 0. The molecule has 0 amide bonds. The average molecular weight is 227 g/mol. The fourth-order valence-corrected chi connectivity index (χ4v) is 2.83. The van der Waals surface area contributed by atoms with Gasteiger partial charge in [-0.15, -0.1) is 0 Å². The van der Waals surface area contributed by atoms with Crippen molar-refractivity contribution >= 4 is 32.3 Å². The van der Waals surface area contributed by atoms with Crippen LogP contribution in [0.4, 0.5) is 0 Å². The molecule has 4 aromatic rings. The largest absolute Gasteiger partial charge is 0.192 e. The van der Waals surface area contributed by atoms with Gasteiger partial charge in [0.25, 0.3) is 0 Å². The van der Waals surface area contributed by atoms with Gasteiger partial charge in [-0.05, 0) is 33.0 Å². The number of rotatable bonds is 0. The molecule has 0 aromatic heterocycles. The van der Waals surface area contributed by atoms with Gasteiger partial charge in [-0.1, -0.05) is 48.5 Å². The van der Waals surface area contributed by atoms with Crippen molar-refractivity contribution in [3.8, 4) is 6.07 Å². The van der Waals surface area contributed by atoms with E-state index >= 15 is 0 Å². The number of nitriles is 1. The molecule has 1 nitrogen and oxygen atoms in total. The molecule has 0 fully saturated rings. The Labute approximate surface area is 104 Å². The van der Waals surface area contributed by atoms with E-state index in [2.05, 4.69) is 48.5 Å². The van der Waals surface area contributed by atoms with Crippen LogP contribution in [0.25, 0.3) is 32.3 Å². The van der Waals surface area contributed by atoms with Gasteiger partial charge in [0.05, 0.1) is 11.6 Å².